The van der Waals surface area contributed by atoms with E-state index in [1.165, 1.54) is 13.2 Å². The van der Waals surface area contributed by atoms with Crippen LogP contribution in [0.4, 0.5) is 17.1 Å². The predicted octanol–water partition coefficient (Wildman–Crippen LogP) is 2.64. The van der Waals surface area contributed by atoms with Crippen molar-refractivity contribution < 1.29 is 19.1 Å². The van der Waals surface area contributed by atoms with Gasteiger partial charge in [0.05, 0.1) is 0 Å². The highest BCUT2D eigenvalue weighted by Crippen LogP contribution is 2.15. The molecule has 0 radical (unpaired) electrons. The van der Waals surface area contributed by atoms with Crippen LogP contribution in [-0.4, -0.2) is 36.4 Å². The van der Waals surface area contributed by atoms with Crippen molar-refractivity contribution in [3.63, 3.8) is 0 Å². The van der Waals surface area contributed by atoms with Crippen LogP contribution in [0.1, 0.15) is 11.3 Å². The number of rotatable bonds is 5. The molecule has 8 nitrogen and oxygen atoms in total. The molecule has 0 aliphatic heterocycles. The highest BCUT2D eigenvalue weighted by Gasteiger charge is 2.14. The number of hydrogen-bond acceptors (Lipinski definition) is 5. The van der Waals surface area contributed by atoms with Gasteiger partial charge in [-0.05, 0) is 54.5 Å². The molecule has 3 aromatic rings. The van der Waals surface area contributed by atoms with Crippen molar-refractivity contribution in [3.05, 3.63) is 84.2 Å². The summed E-state index contributed by atoms with van der Waals surface area (Å²) in [6.07, 6.45) is 1.66. The Balaban J connectivity index is 1.61. The van der Waals surface area contributed by atoms with Crippen LogP contribution in [0.2, 0.25) is 0 Å². The van der Waals surface area contributed by atoms with E-state index in [4.69, 9.17) is 4.74 Å². The van der Waals surface area contributed by atoms with Gasteiger partial charge in [0.25, 0.3) is 0 Å². The zero-order valence-electron chi connectivity index (χ0n) is 17.2. The molecule has 1 aromatic heterocycles. The minimum atomic E-state index is -0.852. The van der Waals surface area contributed by atoms with Gasteiger partial charge in [-0.3, -0.25) is 14.4 Å². The Morgan fingerprint density at radius 1 is 0.812 bits per heavy atom. The molecule has 0 atom stereocenters. The third kappa shape index (κ3) is 6.79. The lowest BCUT2D eigenvalue weighted by Crippen LogP contribution is -2.29. The van der Waals surface area contributed by atoms with E-state index in [1.54, 1.807) is 60.8 Å². The van der Waals surface area contributed by atoms with Gasteiger partial charge in [0.15, 0.2) is 0 Å². The molecule has 0 unspecified atom stereocenters. The van der Waals surface area contributed by atoms with E-state index in [1.807, 2.05) is 6.07 Å². The second kappa shape index (κ2) is 11.1. The first kappa shape index (κ1) is 22.2. The van der Waals surface area contributed by atoms with Gasteiger partial charge < -0.3 is 20.7 Å². The summed E-state index contributed by atoms with van der Waals surface area (Å²) in [5, 5.41) is 7.66. The smallest absolute Gasteiger partial charge is 0.314 e. The van der Waals surface area contributed by atoms with Gasteiger partial charge in [-0.2, -0.15) is 0 Å². The third-order valence-corrected chi connectivity index (χ3v) is 4.01. The molecule has 0 aliphatic carbocycles. The van der Waals surface area contributed by atoms with E-state index >= 15 is 0 Å². The molecule has 160 valence electrons. The van der Waals surface area contributed by atoms with Crippen LogP contribution in [0.3, 0.4) is 0 Å². The topological polar surface area (TPSA) is 109 Å². The number of ether oxygens (including phenoxy) is 1. The standard InChI is InChI=1S/C24H20N4O4/c1-32-16-22(29)26-20-9-5-10-21(15-20)28-24(31)23(30)27-19-8-4-6-17(14-19)11-12-18-7-2-3-13-25-18/h2-10,13-15H,16H2,1H3,(H,26,29)(H,27,30)(H,28,31). The van der Waals surface area contributed by atoms with Gasteiger partial charge in [-0.1, -0.05) is 24.1 Å². The SMILES string of the molecule is COCC(=O)Nc1cccc(NC(=O)C(=O)Nc2cccc(C#Cc3ccccn3)c2)c1. The van der Waals surface area contributed by atoms with Crippen LogP contribution >= 0.6 is 0 Å². The number of anilines is 3. The summed E-state index contributed by atoms with van der Waals surface area (Å²) >= 11 is 0. The first-order valence-electron chi connectivity index (χ1n) is 9.58. The van der Waals surface area contributed by atoms with E-state index in [2.05, 4.69) is 32.8 Å². The maximum atomic E-state index is 12.3. The molecule has 0 fully saturated rings. The Morgan fingerprint density at radius 2 is 1.47 bits per heavy atom. The number of nitrogens with one attached hydrogen (secondary N) is 3. The summed E-state index contributed by atoms with van der Waals surface area (Å²) in [4.78, 5) is 40.3. The number of aromatic nitrogens is 1. The monoisotopic (exact) mass is 428 g/mol. The minimum absolute atomic E-state index is 0.0930. The van der Waals surface area contributed by atoms with E-state index < -0.39 is 11.8 Å². The number of hydrogen-bond donors (Lipinski definition) is 3. The average Bonchev–Trinajstić information content (AvgIpc) is 2.79. The molecular weight excluding hydrogens is 408 g/mol. The van der Waals surface area contributed by atoms with Crippen LogP contribution in [0, 0.1) is 11.8 Å². The van der Waals surface area contributed by atoms with Gasteiger partial charge in [0.2, 0.25) is 5.91 Å². The number of pyridine rings is 1. The molecule has 3 amide bonds. The Morgan fingerprint density at radius 3 is 2.12 bits per heavy atom. The van der Waals surface area contributed by atoms with Gasteiger partial charge in [-0.15, -0.1) is 0 Å². The molecule has 1 heterocycles. The highest BCUT2D eigenvalue weighted by atomic mass is 16.5. The number of amides is 3. The molecule has 0 bridgehead atoms. The normalized spacial score (nSPS) is 9.78. The van der Waals surface area contributed by atoms with Crippen LogP contribution in [0.5, 0.6) is 0 Å². The molecule has 8 heteroatoms. The molecule has 3 rings (SSSR count). The Bertz CT molecular complexity index is 1180. The van der Waals surface area contributed by atoms with Crippen LogP contribution in [0.15, 0.2) is 72.9 Å². The second-order valence-electron chi connectivity index (χ2n) is 6.52. The zero-order chi connectivity index (χ0) is 22.8. The van der Waals surface area contributed by atoms with Crippen molar-refractivity contribution in [2.75, 3.05) is 29.7 Å². The average molecular weight is 428 g/mol. The van der Waals surface area contributed by atoms with Crippen molar-refractivity contribution in [2.24, 2.45) is 0 Å². The number of methoxy groups -OCH3 is 1. The molecule has 0 aliphatic rings. The predicted molar refractivity (Wildman–Crippen MR) is 121 cm³/mol. The molecular formula is C24H20N4O4. The van der Waals surface area contributed by atoms with Crippen molar-refractivity contribution in [2.45, 2.75) is 0 Å². The molecule has 32 heavy (non-hydrogen) atoms. The third-order valence-electron chi connectivity index (χ3n) is 4.01. The number of benzene rings is 2. The van der Waals surface area contributed by atoms with E-state index in [-0.39, 0.29) is 12.5 Å². The highest BCUT2D eigenvalue weighted by molar-refractivity contribution is 6.43. The fourth-order valence-corrected chi connectivity index (χ4v) is 2.63. The fourth-order valence-electron chi connectivity index (χ4n) is 2.63. The lowest BCUT2D eigenvalue weighted by atomic mass is 10.2. The number of nitrogens with zero attached hydrogens (tertiary/aromatic N) is 1. The summed E-state index contributed by atoms with van der Waals surface area (Å²) < 4.78 is 4.76. The Labute approximate surface area is 185 Å². The van der Waals surface area contributed by atoms with Gasteiger partial charge in [0.1, 0.15) is 12.3 Å². The second-order valence-corrected chi connectivity index (χ2v) is 6.52. The van der Waals surface area contributed by atoms with Gasteiger partial charge in [-0.25, -0.2) is 4.98 Å². The maximum absolute atomic E-state index is 12.3. The summed E-state index contributed by atoms with van der Waals surface area (Å²) in [6, 6.07) is 18.7. The molecule has 0 saturated carbocycles. The van der Waals surface area contributed by atoms with E-state index in [9.17, 15) is 14.4 Å². The summed E-state index contributed by atoms with van der Waals surface area (Å²) in [5.74, 6) is 3.87. The van der Waals surface area contributed by atoms with E-state index in [0.29, 0.717) is 28.3 Å². The number of carbonyl (C=O) groups is 3. The van der Waals surface area contributed by atoms with Crippen molar-refractivity contribution in [3.8, 4) is 11.8 Å². The fraction of sp³-hybridized carbons (Fsp3) is 0.0833. The molecule has 2 aromatic carbocycles. The molecule has 0 spiro atoms. The number of carbonyl (C=O) groups excluding carboxylic acids is 3. The summed E-state index contributed by atoms with van der Waals surface area (Å²) in [5.41, 5.74) is 2.54. The molecule has 0 saturated heterocycles. The van der Waals surface area contributed by atoms with Crippen molar-refractivity contribution in [1.29, 1.82) is 0 Å². The van der Waals surface area contributed by atoms with E-state index in [0.717, 1.165) is 0 Å². The largest absolute Gasteiger partial charge is 0.375 e. The lowest BCUT2D eigenvalue weighted by Gasteiger charge is -2.09. The van der Waals surface area contributed by atoms with Crippen molar-refractivity contribution >= 4 is 34.8 Å². The molecule has 3 N–H and O–H groups in total. The summed E-state index contributed by atoms with van der Waals surface area (Å²) in [6.45, 7) is -0.0930. The maximum Gasteiger partial charge on any atom is 0.314 e. The quantitative estimate of drug-likeness (QED) is 0.428. The van der Waals surface area contributed by atoms with Crippen LogP contribution < -0.4 is 16.0 Å². The minimum Gasteiger partial charge on any atom is -0.375 e. The van der Waals surface area contributed by atoms with Gasteiger partial charge >= 0.3 is 11.8 Å². The van der Waals surface area contributed by atoms with Crippen LogP contribution in [-0.2, 0) is 19.1 Å². The zero-order valence-corrected chi connectivity index (χ0v) is 17.2. The first-order valence-corrected chi connectivity index (χ1v) is 9.58. The lowest BCUT2D eigenvalue weighted by molar-refractivity contribution is -0.132. The Hall–Kier alpha value is -4.48. The first-order chi connectivity index (χ1) is 15.5. The van der Waals surface area contributed by atoms with Gasteiger partial charge in [0, 0.05) is 35.9 Å². The van der Waals surface area contributed by atoms with Crippen LogP contribution in [0.25, 0.3) is 0 Å². The van der Waals surface area contributed by atoms with Crippen molar-refractivity contribution in [1.82, 2.24) is 4.98 Å². The summed E-state index contributed by atoms with van der Waals surface area (Å²) in [7, 11) is 1.41. The Kier molecular flexibility index (Phi) is 7.68.